The van der Waals surface area contributed by atoms with Crippen LogP contribution in [0.5, 0.6) is 0 Å². The molecule has 0 spiro atoms. The number of carboxylic acids is 1. The van der Waals surface area contributed by atoms with E-state index in [-0.39, 0.29) is 31.0 Å². The first kappa shape index (κ1) is 16.3. The normalized spacial score (nSPS) is 18.2. The maximum atomic E-state index is 12.4. The molecule has 0 aromatic heterocycles. The fourth-order valence-corrected chi connectivity index (χ4v) is 2.28. The van der Waals surface area contributed by atoms with E-state index in [4.69, 9.17) is 5.11 Å². The lowest BCUT2D eigenvalue weighted by atomic mass is 10.1. The van der Waals surface area contributed by atoms with Crippen LogP contribution in [0.3, 0.4) is 0 Å². The zero-order chi connectivity index (χ0) is 15.3. The van der Waals surface area contributed by atoms with Crippen molar-refractivity contribution in [3.63, 3.8) is 0 Å². The highest BCUT2D eigenvalue weighted by Crippen LogP contribution is 2.21. The number of amides is 2. The SMILES string of the molecule is COC(=O)CN(C(=O)N1CCC(CC(=O)O)C1)C(C)C. The molecule has 1 saturated heterocycles. The van der Waals surface area contributed by atoms with Crippen molar-refractivity contribution >= 4 is 18.0 Å². The van der Waals surface area contributed by atoms with Crippen LogP contribution in [0.2, 0.25) is 0 Å². The van der Waals surface area contributed by atoms with Crippen molar-refractivity contribution in [2.24, 2.45) is 5.92 Å². The molecule has 20 heavy (non-hydrogen) atoms. The zero-order valence-electron chi connectivity index (χ0n) is 12.2. The lowest BCUT2D eigenvalue weighted by Crippen LogP contribution is -2.48. The van der Waals surface area contributed by atoms with E-state index in [0.29, 0.717) is 19.5 Å². The summed E-state index contributed by atoms with van der Waals surface area (Å²) >= 11 is 0. The fourth-order valence-electron chi connectivity index (χ4n) is 2.28. The van der Waals surface area contributed by atoms with Crippen molar-refractivity contribution in [3.8, 4) is 0 Å². The van der Waals surface area contributed by atoms with Gasteiger partial charge in [0.25, 0.3) is 0 Å². The van der Waals surface area contributed by atoms with Crippen LogP contribution in [0.1, 0.15) is 26.7 Å². The molecule has 0 radical (unpaired) electrons. The molecule has 0 aliphatic carbocycles. The maximum Gasteiger partial charge on any atom is 0.325 e. The predicted molar refractivity (Wildman–Crippen MR) is 71.2 cm³/mol. The zero-order valence-corrected chi connectivity index (χ0v) is 12.2. The standard InChI is InChI=1S/C13H22N2O5/c1-9(2)15(8-12(18)20-3)13(19)14-5-4-10(7-14)6-11(16)17/h9-10H,4-8H2,1-3H3,(H,16,17). The summed E-state index contributed by atoms with van der Waals surface area (Å²) in [5, 5.41) is 8.77. The number of ether oxygens (including phenoxy) is 1. The Kier molecular flexibility index (Phi) is 5.79. The number of aliphatic carboxylic acids is 1. The summed E-state index contributed by atoms with van der Waals surface area (Å²) in [5.74, 6) is -1.32. The van der Waals surface area contributed by atoms with Crippen molar-refractivity contribution in [2.75, 3.05) is 26.7 Å². The first-order valence-corrected chi connectivity index (χ1v) is 6.69. The number of rotatable bonds is 5. The average molecular weight is 286 g/mol. The van der Waals surface area contributed by atoms with Crippen molar-refractivity contribution < 1.29 is 24.2 Å². The molecule has 1 heterocycles. The first-order chi connectivity index (χ1) is 9.35. The highest BCUT2D eigenvalue weighted by atomic mass is 16.5. The third-order valence-electron chi connectivity index (χ3n) is 3.42. The number of nitrogens with zero attached hydrogens (tertiary/aromatic N) is 2. The lowest BCUT2D eigenvalue weighted by molar-refractivity contribution is -0.141. The number of esters is 1. The van der Waals surface area contributed by atoms with E-state index in [1.165, 1.54) is 12.0 Å². The van der Waals surface area contributed by atoms with E-state index in [2.05, 4.69) is 4.74 Å². The molecule has 0 bridgehead atoms. The molecule has 0 aromatic rings. The number of hydrogen-bond donors (Lipinski definition) is 1. The van der Waals surface area contributed by atoms with Crippen LogP contribution < -0.4 is 0 Å². The quantitative estimate of drug-likeness (QED) is 0.755. The molecular weight excluding hydrogens is 264 g/mol. The number of carbonyl (C=O) groups is 3. The number of urea groups is 1. The summed E-state index contributed by atoms with van der Waals surface area (Å²) in [6.45, 7) is 4.51. The molecule has 0 aromatic carbocycles. The molecule has 1 N–H and O–H groups in total. The molecule has 1 unspecified atom stereocenters. The molecule has 0 saturated carbocycles. The van der Waals surface area contributed by atoms with Crippen molar-refractivity contribution in [1.82, 2.24) is 9.80 Å². The number of carbonyl (C=O) groups excluding carboxylic acids is 2. The van der Waals surface area contributed by atoms with Crippen LogP contribution in [0.25, 0.3) is 0 Å². The van der Waals surface area contributed by atoms with Gasteiger partial charge in [-0.05, 0) is 26.2 Å². The van der Waals surface area contributed by atoms with Crippen LogP contribution in [0, 0.1) is 5.92 Å². The predicted octanol–water partition coefficient (Wildman–Crippen LogP) is 0.786. The minimum atomic E-state index is -0.848. The second kappa shape index (κ2) is 7.12. The van der Waals surface area contributed by atoms with Crippen LogP contribution in [0.4, 0.5) is 4.79 Å². The minimum Gasteiger partial charge on any atom is -0.481 e. The third kappa shape index (κ3) is 4.40. The van der Waals surface area contributed by atoms with Crippen LogP contribution in [-0.2, 0) is 14.3 Å². The van der Waals surface area contributed by atoms with Crippen LogP contribution in [0.15, 0.2) is 0 Å². The summed E-state index contributed by atoms with van der Waals surface area (Å²) in [6, 6.07) is -0.363. The molecule has 1 aliphatic rings. The van der Waals surface area contributed by atoms with Crippen molar-refractivity contribution in [3.05, 3.63) is 0 Å². The van der Waals surface area contributed by atoms with Crippen molar-refractivity contribution in [2.45, 2.75) is 32.7 Å². The Bertz CT molecular complexity index is 383. The van der Waals surface area contributed by atoms with Gasteiger partial charge in [0, 0.05) is 25.6 Å². The Morgan fingerprint density at radius 1 is 1.40 bits per heavy atom. The van der Waals surface area contributed by atoms with Gasteiger partial charge in [-0.2, -0.15) is 0 Å². The van der Waals surface area contributed by atoms with Gasteiger partial charge in [0.15, 0.2) is 0 Å². The number of methoxy groups -OCH3 is 1. The number of likely N-dealkylation sites (tertiary alicyclic amines) is 1. The Morgan fingerprint density at radius 2 is 2.05 bits per heavy atom. The Labute approximate surface area is 118 Å². The monoisotopic (exact) mass is 286 g/mol. The smallest absolute Gasteiger partial charge is 0.325 e. The minimum absolute atomic E-state index is 0.0106. The molecule has 1 rings (SSSR count). The van der Waals surface area contributed by atoms with Gasteiger partial charge in [-0.3, -0.25) is 9.59 Å². The highest BCUT2D eigenvalue weighted by Gasteiger charge is 2.32. The second-order valence-corrected chi connectivity index (χ2v) is 5.28. The average Bonchev–Trinajstić information content (AvgIpc) is 2.81. The van der Waals surface area contributed by atoms with Crippen molar-refractivity contribution in [1.29, 1.82) is 0 Å². The number of hydrogen-bond acceptors (Lipinski definition) is 4. The van der Waals surface area contributed by atoms with Gasteiger partial charge in [-0.1, -0.05) is 0 Å². The van der Waals surface area contributed by atoms with E-state index in [9.17, 15) is 14.4 Å². The van der Waals surface area contributed by atoms with E-state index >= 15 is 0 Å². The molecular formula is C13H22N2O5. The summed E-state index contributed by atoms with van der Waals surface area (Å²) < 4.78 is 4.59. The van der Waals surface area contributed by atoms with Gasteiger partial charge in [0.05, 0.1) is 7.11 Å². The fraction of sp³-hybridized carbons (Fsp3) is 0.769. The van der Waals surface area contributed by atoms with Gasteiger partial charge in [0.1, 0.15) is 6.54 Å². The molecule has 114 valence electrons. The first-order valence-electron chi connectivity index (χ1n) is 6.69. The van der Waals surface area contributed by atoms with Crippen LogP contribution >= 0.6 is 0 Å². The van der Waals surface area contributed by atoms with E-state index in [0.717, 1.165) is 0 Å². The van der Waals surface area contributed by atoms with Gasteiger partial charge in [0.2, 0.25) is 0 Å². The Balaban J connectivity index is 2.62. The molecule has 7 nitrogen and oxygen atoms in total. The number of carboxylic acid groups (broad SMARTS) is 1. The van der Waals surface area contributed by atoms with E-state index < -0.39 is 11.9 Å². The third-order valence-corrected chi connectivity index (χ3v) is 3.42. The summed E-state index contributed by atoms with van der Waals surface area (Å²) in [6.07, 6.45) is 0.755. The molecule has 1 aliphatic heterocycles. The summed E-state index contributed by atoms with van der Waals surface area (Å²) in [7, 11) is 1.28. The maximum absolute atomic E-state index is 12.4. The summed E-state index contributed by atoms with van der Waals surface area (Å²) in [5.41, 5.74) is 0. The van der Waals surface area contributed by atoms with Gasteiger partial charge >= 0.3 is 18.0 Å². The molecule has 7 heteroatoms. The Morgan fingerprint density at radius 3 is 2.55 bits per heavy atom. The summed E-state index contributed by atoms with van der Waals surface area (Å²) in [4.78, 5) is 37.4. The lowest BCUT2D eigenvalue weighted by Gasteiger charge is -2.30. The van der Waals surface area contributed by atoms with Gasteiger partial charge < -0.3 is 19.6 Å². The van der Waals surface area contributed by atoms with Crippen LogP contribution in [-0.4, -0.2) is 65.7 Å². The Hall–Kier alpha value is -1.79. The van der Waals surface area contributed by atoms with Gasteiger partial charge in [-0.15, -0.1) is 0 Å². The van der Waals surface area contributed by atoms with Gasteiger partial charge in [-0.25, -0.2) is 4.79 Å². The second-order valence-electron chi connectivity index (χ2n) is 5.28. The topological polar surface area (TPSA) is 87.2 Å². The largest absolute Gasteiger partial charge is 0.481 e. The highest BCUT2D eigenvalue weighted by molar-refractivity contribution is 5.81. The molecule has 1 atom stereocenters. The van der Waals surface area contributed by atoms with E-state index in [1.807, 2.05) is 13.8 Å². The molecule has 2 amide bonds. The molecule has 1 fully saturated rings. The van der Waals surface area contributed by atoms with E-state index in [1.54, 1.807) is 4.90 Å².